The lowest BCUT2D eigenvalue weighted by molar-refractivity contribution is 0.971. The van der Waals surface area contributed by atoms with Crippen LogP contribution < -0.4 is 0 Å². The second-order valence-electron chi connectivity index (χ2n) is 5.92. The lowest BCUT2D eigenvalue weighted by Crippen LogP contribution is -1.93. The molecular weight excluding hydrogens is 314 g/mol. The second kappa shape index (κ2) is 7.38. The van der Waals surface area contributed by atoms with Crippen molar-refractivity contribution in [1.29, 1.82) is 0 Å². The van der Waals surface area contributed by atoms with E-state index < -0.39 is 0 Å². The Bertz CT molecular complexity index is 552. The van der Waals surface area contributed by atoms with Crippen LogP contribution in [-0.4, -0.2) is 20.2 Å². The summed E-state index contributed by atoms with van der Waals surface area (Å²) in [7, 11) is 0. The van der Waals surface area contributed by atoms with Crippen LogP contribution in [0.4, 0.5) is 0 Å². The van der Waals surface area contributed by atoms with Gasteiger partial charge in [0.1, 0.15) is 0 Å². The Balaban J connectivity index is 2.64. The highest BCUT2D eigenvalue weighted by molar-refractivity contribution is 8.04. The predicted molar refractivity (Wildman–Crippen MR) is 100 cm³/mol. The van der Waals surface area contributed by atoms with Crippen molar-refractivity contribution in [3.63, 3.8) is 0 Å². The topological polar surface area (TPSA) is 4.41 Å². The van der Waals surface area contributed by atoms with Gasteiger partial charge in [0.05, 0.1) is 15.4 Å². The molecule has 2 rings (SSSR count). The fourth-order valence-corrected chi connectivity index (χ4v) is 5.57. The summed E-state index contributed by atoms with van der Waals surface area (Å²) in [5.41, 5.74) is 1.35. The lowest BCUT2D eigenvalue weighted by Gasteiger charge is -2.12. The maximum absolute atomic E-state index is 2.38. The minimum absolute atomic E-state index is 0.590. The molecule has 0 fully saturated rings. The Kier molecular flexibility index (Phi) is 6.04. The molecule has 2 aromatic heterocycles. The maximum Gasteiger partial charge on any atom is 0.0947 e. The summed E-state index contributed by atoms with van der Waals surface area (Å²) >= 11 is 5.96. The van der Waals surface area contributed by atoms with E-state index in [2.05, 4.69) is 70.3 Å². The van der Waals surface area contributed by atoms with E-state index in [-0.39, 0.29) is 0 Å². The summed E-state index contributed by atoms with van der Waals surface area (Å²) in [6.45, 7) is 13.6. The number of thioether (sulfide) groups is 3. The highest BCUT2D eigenvalue weighted by Crippen LogP contribution is 2.46. The molecule has 0 aromatic carbocycles. The van der Waals surface area contributed by atoms with Crippen molar-refractivity contribution in [3.05, 3.63) is 24.4 Å². The Morgan fingerprint density at radius 2 is 1.33 bits per heavy atom. The Morgan fingerprint density at radius 1 is 0.762 bits per heavy atom. The minimum atomic E-state index is 0.590. The van der Waals surface area contributed by atoms with Crippen molar-refractivity contribution in [3.8, 4) is 0 Å². The molecule has 0 atom stereocenters. The third kappa shape index (κ3) is 4.17. The molecule has 0 spiro atoms. The van der Waals surface area contributed by atoms with Crippen molar-refractivity contribution in [1.82, 2.24) is 4.40 Å². The highest BCUT2D eigenvalue weighted by atomic mass is 32.2. The summed E-state index contributed by atoms with van der Waals surface area (Å²) in [5, 5.41) is 3.19. The summed E-state index contributed by atoms with van der Waals surface area (Å²) < 4.78 is 2.38. The summed E-state index contributed by atoms with van der Waals surface area (Å²) in [6, 6.07) is 6.53. The highest BCUT2D eigenvalue weighted by Gasteiger charge is 2.21. The molecule has 116 valence electrons. The van der Waals surface area contributed by atoms with E-state index in [9.17, 15) is 0 Å². The molecule has 1 nitrogen and oxygen atoms in total. The average Bonchev–Trinajstić information content (AvgIpc) is 2.64. The van der Waals surface area contributed by atoms with Gasteiger partial charge in [0.15, 0.2) is 0 Å². The molecule has 0 N–H and O–H groups in total. The van der Waals surface area contributed by atoms with Crippen LogP contribution in [0.3, 0.4) is 0 Å². The van der Waals surface area contributed by atoms with Gasteiger partial charge >= 0.3 is 0 Å². The third-order valence-electron chi connectivity index (χ3n) is 2.77. The van der Waals surface area contributed by atoms with Crippen LogP contribution in [-0.2, 0) is 0 Å². The quantitative estimate of drug-likeness (QED) is 0.558. The number of rotatable bonds is 6. The second-order valence-corrected chi connectivity index (χ2v) is 10.7. The van der Waals surface area contributed by atoms with E-state index in [1.807, 2.05) is 35.3 Å². The number of fused-ring (bicyclic) bond motifs is 1. The Hall–Kier alpha value is -0.190. The number of aromatic nitrogens is 1. The first-order valence-corrected chi connectivity index (χ1v) is 10.2. The van der Waals surface area contributed by atoms with Gasteiger partial charge in [0, 0.05) is 26.8 Å². The van der Waals surface area contributed by atoms with Crippen molar-refractivity contribution >= 4 is 40.8 Å². The smallest absolute Gasteiger partial charge is 0.0947 e. The van der Waals surface area contributed by atoms with E-state index in [0.29, 0.717) is 15.7 Å². The van der Waals surface area contributed by atoms with Crippen LogP contribution in [0.2, 0.25) is 0 Å². The number of hydrogen-bond acceptors (Lipinski definition) is 3. The van der Waals surface area contributed by atoms with Crippen LogP contribution in [0.5, 0.6) is 0 Å². The van der Waals surface area contributed by atoms with Gasteiger partial charge in [-0.25, -0.2) is 0 Å². The largest absolute Gasteiger partial charge is 0.310 e. The van der Waals surface area contributed by atoms with Crippen LogP contribution in [0.25, 0.3) is 5.52 Å². The average molecular weight is 340 g/mol. The van der Waals surface area contributed by atoms with Crippen molar-refractivity contribution in [2.45, 2.75) is 72.1 Å². The summed E-state index contributed by atoms with van der Waals surface area (Å²) in [5.74, 6) is 0. The minimum Gasteiger partial charge on any atom is -0.310 e. The fourth-order valence-electron chi connectivity index (χ4n) is 2.15. The van der Waals surface area contributed by atoms with Crippen molar-refractivity contribution in [2.24, 2.45) is 0 Å². The molecule has 21 heavy (non-hydrogen) atoms. The number of hydrogen-bond donors (Lipinski definition) is 0. The molecule has 4 heteroatoms. The van der Waals surface area contributed by atoms with E-state index >= 15 is 0 Å². The van der Waals surface area contributed by atoms with E-state index in [4.69, 9.17) is 0 Å². The van der Waals surface area contributed by atoms with Gasteiger partial charge in [-0.05, 0) is 12.1 Å². The van der Waals surface area contributed by atoms with Crippen LogP contribution >= 0.6 is 35.3 Å². The maximum atomic E-state index is 2.38. The number of pyridine rings is 1. The van der Waals surface area contributed by atoms with E-state index in [1.165, 1.54) is 20.3 Å². The SMILES string of the molecule is CC(C)Sc1c(SC(C)C)c2ccccn2c1SC(C)C. The molecule has 0 amide bonds. The first-order chi connectivity index (χ1) is 9.90. The van der Waals surface area contributed by atoms with Gasteiger partial charge in [-0.15, -0.1) is 35.3 Å². The van der Waals surface area contributed by atoms with Crippen LogP contribution in [0.15, 0.2) is 39.2 Å². The molecule has 2 heterocycles. The van der Waals surface area contributed by atoms with Gasteiger partial charge in [0.25, 0.3) is 0 Å². The summed E-state index contributed by atoms with van der Waals surface area (Å²) in [6.07, 6.45) is 2.20. The van der Waals surface area contributed by atoms with Gasteiger partial charge in [-0.1, -0.05) is 47.6 Å². The predicted octanol–water partition coefficient (Wildman–Crippen LogP) is 6.44. The molecule has 0 saturated carbocycles. The van der Waals surface area contributed by atoms with Crippen molar-refractivity contribution in [2.75, 3.05) is 0 Å². The molecule has 0 radical (unpaired) electrons. The first-order valence-electron chi connectivity index (χ1n) is 7.53. The van der Waals surface area contributed by atoms with Crippen LogP contribution in [0, 0.1) is 0 Å². The molecule has 2 aromatic rings. The first kappa shape index (κ1) is 17.2. The van der Waals surface area contributed by atoms with E-state index in [0.717, 1.165) is 0 Å². The molecular formula is C17H25NS3. The molecule has 0 aliphatic carbocycles. The van der Waals surface area contributed by atoms with Gasteiger partial charge in [0.2, 0.25) is 0 Å². The van der Waals surface area contributed by atoms with Crippen molar-refractivity contribution < 1.29 is 0 Å². The van der Waals surface area contributed by atoms with Gasteiger partial charge in [-0.3, -0.25) is 0 Å². The van der Waals surface area contributed by atoms with Gasteiger partial charge in [-0.2, -0.15) is 0 Å². The summed E-state index contributed by atoms with van der Waals surface area (Å²) in [4.78, 5) is 2.92. The zero-order valence-corrected chi connectivity index (χ0v) is 16.2. The van der Waals surface area contributed by atoms with Gasteiger partial charge < -0.3 is 4.40 Å². The molecule has 0 saturated heterocycles. The molecule has 0 unspecified atom stereocenters. The zero-order chi connectivity index (χ0) is 15.6. The lowest BCUT2D eigenvalue weighted by atomic mass is 10.4. The molecule has 0 aliphatic rings. The third-order valence-corrected chi connectivity index (χ3v) is 6.35. The Labute approximate surface area is 141 Å². The normalized spacial score (nSPS) is 12.2. The monoisotopic (exact) mass is 339 g/mol. The Morgan fingerprint density at radius 3 is 1.90 bits per heavy atom. The zero-order valence-electron chi connectivity index (χ0n) is 13.7. The number of nitrogens with zero attached hydrogens (tertiary/aromatic N) is 1. The standard InChI is InChI=1S/C17H25NS3/c1-11(2)19-15-14-9-7-8-10-18(14)17(21-13(5)6)16(15)20-12(3)4/h7-13H,1-6H3. The molecule has 0 bridgehead atoms. The van der Waals surface area contributed by atoms with E-state index in [1.54, 1.807) is 0 Å². The molecule has 0 aliphatic heterocycles. The fraction of sp³-hybridized carbons (Fsp3) is 0.529. The van der Waals surface area contributed by atoms with Crippen LogP contribution in [0.1, 0.15) is 41.5 Å².